The predicted octanol–water partition coefficient (Wildman–Crippen LogP) is 1.71. The van der Waals surface area contributed by atoms with Crippen molar-refractivity contribution in [2.45, 2.75) is 52.1 Å². The zero-order valence-corrected chi connectivity index (χ0v) is 11.9. The second kappa shape index (κ2) is 6.52. The molecule has 5 nitrogen and oxygen atoms in total. The van der Waals surface area contributed by atoms with E-state index >= 15 is 0 Å². The molecular weight excluding hydrogens is 242 g/mol. The molecule has 0 aliphatic rings. The van der Waals surface area contributed by atoms with Crippen LogP contribution in [0.4, 0.5) is 5.69 Å². The summed E-state index contributed by atoms with van der Waals surface area (Å²) in [6.45, 7) is 6.41. The van der Waals surface area contributed by atoms with Crippen LogP contribution in [0.3, 0.4) is 0 Å². The topological polar surface area (TPSA) is 77.1 Å². The highest BCUT2D eigenvalue weighted by Gasteiger charge is 2.29. The van der Waals surface area contributed by atoms with Gasteiger partial charge in [-0.15, -0.1) is 0 Å². The summed E-state index contributed by atoms with van der Waals surface area (Å²) in [7, 11) is 0. The molecular formula is C14H23N3O2. The van der Waals surface area contributed by atoms with Crippen LogP contribution in [0, 0.1) is 0 Å². The number of carbonyl (C=O) groups excluding carboxylic acids is 1. The minimum atomic E-state index is -0.855. The minimum absolute atomic E-state index is 0.0650. The smallest absolute Gasteiger partial charge is 0.250 e. The summed E-state index contributed by atoms with van der Waals surface area (Å²) >= 11 is 0. The fourth-order valence-electron chi connectivity index (χ4n) is 1.85. The van der Waals surface area contributed by atoms with Crippen molar-refractivity contribution in [2.24, 2.45) is 5.73 Å². The minimum Gasteiger partial charge on any atom is -0.323 e. The monoisotopic (exact) mass is 265 g/mol. The molecule has 5 heteroatoms. The lowest BCUT2D eigenvalue weighted by molar-refractivity contribution is -0.121. The molecule has 1 aromatic heterocycles. The van der Waals surface area contributed by atoms with Gasteiger partial charge in [-0.2, -0.15) is 0 Å². The van der Waals surface area contributed by atoms with Crippen LogP contribution in [0.1, 0.15) is 40.0 Å². The molecule has 0 aliphatic heterocycles. The second-order valence-electron chi connectivity index (χ2n) is 4.77. The largest absolute Gasteiger partial charge is 0.323 e. The number of nitrogens with one attached hydrogen (secondary N) is 1. The molecule has 0 saturated carbocycles. The predicted molar refractivity (Wildman–Crippen MR) is 77.1 cm³/mol. The molecule has 0 atom stereocenters. The van der Waals surface area contributed by atoms with Gasteiger partial charge in [0.25, 0.3) is 5.56 Å². The van der Waals surface area contributed by atoms with Gasteiger partial charge in [0.05, 0.1) is 11.2 Å². The van der Waals surface area contributed by atoms with E-state index in [1.807, 2.05) is 20.8 Å². The molecule has 0 spiro atoms. The number of hydrogen-bond acceptors (Lipinski definition) is 3. The average molecular weight is 265 g/mol. The van der Waals surface area contributed by atoms with Crippen molar-refractivity contribution >= 4 is 11.6 Å². The summed E-state index contributed by atoms with van der Waals surface area (Å²) < 4.78 is 1.59. The van der Waals surface area contributed by atoms with Gasteiger partial charge >= 0.3 is 0 Å². The highest BCUT2D eigenvalue weighted by molar-refractivity contribution is 5.97. The van der Waals surface area contributed by atoms with Crippen molar-refractivity contribution in [3.05, 3.63) is 28.7 Å². The zero-order valence-electron chi connectivity index (χ0n) is 11.9. The number of carbonyl (C=O) groups is 1. The molecule has 0 saturated heterocycles. The van der Waals surface area contributed by atoms with Crippen molar-refractivity contribution in [1.29, 1.82) is 0 Å². The van der Waals surface area contributed by atoms with Gasteiger partial charge < -0.3 is 15.6 Å². The fraction of sp³-hybridized carbons (Fsp3) is 0.571. The third kappa shape index (κ3) is 3.67. The molecule has 1 rings (SSSR count). The van der Waals surface area contributed by atoms with Crippen LogP contribution < -0.4 is 16.6 Å². The molecule has 19 heavy (non-hydrogen) atoms. The number of pyridine rings is 1. The highest BCUT2D eigenvalue weighted by Crippen LogP contribution is 2.15. The SMILES string of the molecule is CCCn1cc(NC(=O)C(N)(CC)CC)ccc1=O. The lowest BCUT2D eigenvalue weighted by Crippen LogP contribution is -2.50. The molecule has 106 valence electrons. The first kappa shape index (κ1) is 15.4. The van der Waals surface area contributed by atoms with Crippen molar-refractivity contribution < 1.29 is 4.79 Å². The molecule has 0 aliphatic carbocycles. The second-order valence-corrected chi connectivity index (χ2v) is 4.77. The molecule has 0 fully saturated rings. The first-order valence-electron chi connectivity index (χ1n) is 6.77. The van der Waals surface area contributed by atoms with E-state index in [0.29, 0.717) is 25.1 Å². The van der Waals surface area contributed by atoms with Crippen molar-refractivity contribution in [1.82, 2.24) is 4.57 Å². The number of amides is 1. The number of nitrogens with zero attached hydrogens (tertiary/aromatic N) is 1. The summed E-state index contributed by atoms with van der Waals surface area (Å²) in [5.74, 6) is -0.209. The Morgan fingerprint density at radius 3 is 2.47 bits per heavy atom. The number of rotatable bonds is 6. The van der Waals surface area contributed by atoms with E-state index in [0.717, 1.165) is 6.42 Å². The maximum Gasteiger partial charge on any atom is 0.250 e. The van der Waals surface area contributed by atoms with Crippen LogP contribution in [-0.4, -0.2) is 16.0 Å². The summed E-state index contributed by atoms with van der Waals surface area (Å²) in [5, 5.41) is 2.79. The van der Waals surface area contributed by atoms with Gasteiger partial charge in [-0.3, -0.25) is 9.59 Å². The number of hydrogen-bond donors (Lipinski definition) is 2. The molecule has 0 aromatic carbocycles. The molecule has 1 heterocycles. The van der Waals surface area contributed by atoms with Gasteiger partial charge in [-0.05, 0) is 25.3 Å². The summed E-state index contributed by atoms with van der Waals surface area (Å²) in [6, 6.07) is 3.07. The number of nitrogens with two attached hydrogens (primary N) is 1. The lowest BCUT2D eigenvalue weighted by Gasteiger charge is -2.25. The van der Waals surface area contributed by atoms with Gasteiger partial charge in [-0.1, -0.05) is 20.8 Å². The van der Waals surface area contributed by atoms with Crippen LogP contribution in [0.5, 0.6) is 0 Å². The van der Waals surface area contributed by atoms with Crippen LogP contribution in [0.25, 0.3) is 0 Å². The van der Waals surface area contributed by atoms with Gasteiger partial charge in [0.15, 0.2) is 0 Å². The third-order valence-electron chi connectivity index (χ3n) is 3.42. The Kier molecular flexibility index (Phi) is 5.30. The fourth-order valence-corrected chi connectivity index (χ4v) is 1.85. The Balaban J connectivity index is 2.91. The molecule has 1 aromatic rings. The average Bonchev–Trinajstić information content (AvgIpc) is 2.41. The Morgan fingerprint density at radius 1 is 1.32 bits per heavy atom. The summed E-state index contributed by atoms with van der Waals surface area (Å²) in [4.78, 5) is 23.7. The van der Waals surface area contributed by atoms with E-state index in [1.165, 1.54) is 6.07 Å². The molecule has 0 bridgehead atoms. The van der Waals surface area contributed by atoms with Crippen LogP contribution in [0.2, 0.25) is 0 Å². The van der Waals surface area contributed by atoms with Crippen LogP contribution >= 0.6 is 0 Å². The molecule has 0 unspecified atom stereocenters. The van der Waals surface area contributed by atoms with Gasteiger partial charge in [-0.25, -0.2) is 0 Å². The van der Waals surface area contributed by atoms with E-state index in [2.05, 4.69) is 5.32 Å². The van der Waals surface area contributed by atoms with E-state index < -0.39 is 5.54 Å². The van der Waals surface area contributed by atoms with E-state index in [-0.39, 0.29) is 11.5 Å². The first-order chi connectivity index (χ1) is 8.96. The number of aryl methyl sites for hydroxylation is 1. The number of aromatic nitrogens is 1. The molecule has 1 amide bonds. The normalized spacial score (nSPS) is 11.4. The lowest BCUT2D eigenvalue weighted by atomic mass is 9.93. The van der Waals surface area contributed by atoms with Crippen LogP contribution in [-0.2, 0) is 11.3 Å². The highest BCUT2D eigenvalue weighted by atomic mass is 16.2. The first-order valence-corrected chi connectivity index (χ1v) is 6.77. The Hall–Kier alpha value is -1.62. The van der Waals surface area contributed by atoms with Gasteiger partial charge in [0, 0.05) is 18.8 Å². The quantitative estimate of drug-likeness (QED) is 0.822. The standard InChI is InChI=1S/C14H23N3O2/c1-4-9-17-10-11(7-8-12(17)18)16-13(19)14(15,5-2)6-3/h7-8,10H,4-6,9,15H2,1-3H3,(H,16,19). The maximum atomic E-state index is 12.1. The maximum absolute atomic E-state index is 12.1. The van der Waals surface area contributed by atoms with E-state index in [4.69, 9.17) is 5.73 Å². The molecule has 3 N–H and O–H groups in total. The summed E-state index contributed by atoms with van der Waals surface area (Å²) in [5.41, 5.74) is 5.72. The van der Waals surface area contributed by atoms with Crippen LogP contribution in [0.15, 0.2) is 23.1 Å². The van der Waals surface area contributed by atoms with E-state index in [9.17, 15) is 9.59 Å². The Morgan fingerprint density at radius 2 is 1.95 bits per heavy atom. The van der Waals surface area contributed by atoms with Crippen molar-refractivity contribution in [3.63, 3.8) is 0 Å². The Bertz CT molecular complexity index is 490. The van der Waals surface area contributed by atoms with E-state index in [1.54, 1.807) is 16.8 Å². The van der Waals surface area contributed by atoms with Crippen molar-refractivity contribution in [3.8, 4) is 0 Å². The Labute approximate surface area is 113 Å². The van der Waals surface area contributed by atoms with Crippen molar-refractivity contribution in [2.75, 3.05) is 5.32 Å². The molecule has 0 radical (unpaired) electrons. The summed E-state index contributed by atoms with van der Waals surface area (Å²) in [6.07, 6.45) is 3.67. The van der Waals surface area contributed by atoms with Gasteiger partial charge in [0.2, 0.25) is 5.91 Å². The third-order valence-corrected chi connectivity index (χ3v) is 3.42. The number of anilines is 1. The zero-order chi connectivity index (χ0) is 14.5. The van der Waals surface area contributed by atoms with Gasteiger partial charge in [0.1, 0.15) is 0 Å².